The highest BCUT2D eigenvalue weighted by Gasteiger charge is 2.19. The van der Waals surface area contributed by atoms with Crippen molar-refractivity contribution in [3.63, 3.8) is 0 Å². The summed E-state index contributed by atoms with van der Waals surface area (Å²) in [6, 6.07) is 4.30. The molecule has 2 aromatic rings. The highest BCUT2D eigenvalue weighted by Crippen LogP contribution is 2.30. The van der Waals surface area contributed by atoms with Crippen LogP contribution in [0.3, 0.4) is 0 Å². The molecule has 6 nitrogen and oxygen atoms in total. The largest absolute Gasteiger partial charge is 0.371 e. The number of nitrogens with zero attached hydrogens (tertiary/aromatic N) is 2. The van der Waals surface area contributed by atoms with E-state index >= 15 is 0 Å². The summed E-state index contributed by atoms with van der Waals surface area (Å²) in [6.45, 7) is 7.44. The van der Waals surface area contributed by atoms with Crippen LogP contribution in [-0.4, -0.2) is 15.7 Å². The van der Waals surface area contributed by atoms with E-state index in [1.807, 2.05) is 12.3 Å². The molecule has 0 bridgehead atoms. The fourth-order valence-corrected chi connectivity index (χ4v) is 3.02. The van der Waals surface area contributed by atoms with Crippen molar-refractivity contribution in [2.45, 2.75) is 39.7 Å². The van der Waals surface area contributed by atoms with Crippen LogP contribution >= 0.6 is 11.3 Å². The molecule has 1 unspecified atom stereocenters. The lowest BCUT2D eigenvalue weighted by atomic mass is 10.1. The molecule has 122 valence electrons. The lowest BCUT2D eigenvalue weighted by molar-refractivity contribution is -0.384. The molecule has 0 saturated heterocycles. The smallest absolute Gasteiger partial charge is 0.293 e. The predicted molar refractivity (Wildman–Crippen MR) is 91.3 cm³/mol. The van der Waals surface area contributed by atoms with E-state index in [0.29, 0.717) is 17.2 Å². The fraction of sp³-hybridized carbons (Fsp3) is 0.375. The third-order valence-electron chi connectivity index (χ3n) is 3.45. The number of hydrogen-bond acceptors (Lipinski definition) is 6. The average molecular weight is 333 g/mol. The van der Waals surface area contributed by atoms with E-state index in [-0.39, 0.29) is 17.5 Å². The van der Waals surface area contributed by atoms with Crippen LogP contribution in [0, 0.1) is 10.1 Å². The van der Waals surface area contributed by atoms with Gasteiger partial charge >= 0.3 is 0 Å². The average Bonchev–Trinajstić information content (AvgIpc) is 2.97. The topological polar surface area (TPSA) is 85.1 Å². The number of anilines is 1. The van der Waals surface area contributed by atoms with Gasteiger partial charge in [-0.25, -0.2) is 4.98 Å². The molecule has 7 heteroatoms. The van der Waals surface area contributed by atoms with Gasteiger partial charge < -0.3 is 5.32 Å². The third kappa shape index (κ3) is 3.92. The van der Waals surface area contributed by atoms with E-state index in [1.54, 1.807) is 23.5 Å². The number of nitro groups is 1. The van der Waals surface area contributed by atoms with Gasteiger partial charge in [0, 0.05) is 22.9 Å². The second-order valence-corrected chi connectivity index (χ2v) is 6.57. The molecule has 0 saturated carbocycles. The number of hydrogen-bond donors (Lipinski definition) is 1. The maximum Gasteiger partial charge on any atom is 0.293 e. The molecule has 1 atom stereocenters. The van der Waals surface area contributed by atoms with Crippen LogP contribution in [-0.2, 0) is 0 Å². The Bertz CT molecular complexity index is 740. The minimum atomic E-state index is -0.484. The van der Waals surface area contributed by atoms with Crippen LogP contribution in [0.1, 0.15) is 60.7 Å². The van der Waals surface area contributed by atoms with Crippen molar-refractivity contribution < 1.29 is 9.72 Å². The first-order chi connectivity index (χ1) is 10.8. The van der Waals surface area contributed by atoms with Crippen LogP contribution in [0.25, 0.3) is 0 Å². The van der Waals surface area contributed by atoms with Gasteiger partial charge in [-0.3, -0.25) is 14.9 Å². The van der Waals surface area contributed by atoms with Gasteiger partial charge in [-0.2, -0.15) is 0 Å². The molecule has 0 aliphatic heterocycles. The van der Waals surface area contributed by atoms with Crippen molar-refractivity contribution in [2.24, 2.45) is 0 Å². The molecule has 23 heavy (non-hydrogen) atoms. The number of nitro benzene ring substituents is 1. The first-order valence-electron chi connectivity index (χ1n) is 7.30. The minimum absolute atomic E-state index is 0.108. The summed E-state index contributed by atoms with van der Waals surface area (Å²) in [5.41, 5.74) is 1.45. The van der Waals surface area contributed by atoms with Gasteiger partial charge in [-0.15, -0.1) is 11.3 Å². The summed E-state index contributed by atoms with van der Waals surface area (Å²) < 4.78 is 0. The van der Waals surface area contributed by atoms with Crippen LogP contribution in [0.4, 0.5) is 11.4 Å². The second-order valence-electron chi connectivity index (χ2n) is 5.68. The zero-order chi connectivity index (χ0) is 17.1. The molecule has 0 spiro atoms. The molecule has 0 aliphatic rings. The van der Waals surface area contributed by atoms with Crippen molar-refractivity contribution in [1.82, 2.24) is 4.98 Å². The SMILES string of the molecule is CC(=O)c1ccc(NC(C)c2csc(C(C)C)n2)c([N+](=O)[O-])c1. The number of carbonyl (C=O) groups is 1. The van der Waals surface area contributed by atoms with Gasteiger partial charge in [0.2, 0.25) is 0 Å². The van der Waals surface area contributed by atoms with Crippen LogP contribution in [0.2, 0.25) is 0 Å². The first kappa shape index (κ1) is 17.1. The van der Waals surface area contributed by atoms with E-state index in [2.05, 4.69) is 24.1 Å². The number of thiazole rings is 1. The molecular weight excluding hydrogens is 314 g/mol. The van der Waals surface area contributed by atoms with Crippen molar-refractivity contribution in [3.05, 3.63) is 50.0 Å². The highest BCUT2D eigenvalue weighted by molar-refractivity contribution is 7.09. The molecule has 0 radical (unpaired) electrons. The van der Waals surface area contributed by atoms with Crippen molar-refractivity contribution in [1.29, 1.82) is 0 Å². The first-order valence-corrected chi connectivity index (χ1v) is 8.18. The van der Waals surface area contributed by atoms with E-state index in [0.717, 1.165) is 10.7 Å². The molecule has 2 rings (SSSR count). The summed E-state index contributed by atoms with van der Waals surface area (Å²) in [4.78, 5) is 26.7. The molecule has 0 fully saturated rings. The summed E-state index contributed by atoms with van der Waals surface area (Å²) >= 11 is 1.58. The van der Waals surface area contributed by atoms with E-state index < -0.39 is 4.92 Å². The number of rotatable bonds is 6. The van der Waals surface area contributed by atoms with Gasteiger partial charge in [0.15, 0.2) is 5.78 Å². The Labute approximate surface area is 138 Å². The Morgan fingerprint density at radius 2 is 2.04 bits per heavy atom. The Morgan fingerprint density at radius 3 is 2.57 bits per heavy atom. The Balaban J connectivity index is 2.27. The quantitative estimate of drug-likeness (QED) is 0.476. The predicted octanol–water partition coefficient (Wildman–Crippen LogP) is 4.55. The highest BCUT2D eigenvalue weighted by atomic mass is 32.1. The molecule has 1 aromatic carbocycles. The molecular formula is C16H19N3O3S. The van der Waals surface area contributed by atoms with Gasteiger partial charge in [0.1, 0.15) is 5.69 Å². The standard InChI is InChI=1S/C16H19N3O3S/c1-9(2)16-18-14(8-23-16)10(3)17-13-6-5-12(11(4)20)7-15(13)19(21)22/h5-10,17H,1-4H3. The Kier molecular flexibility index (Phi) is 5.10. The fourth-order valence-electron chi connectivity index (χ4n) is 2.10. The van der Waals surface area contributed by atoms with Crippen LogP contribution in [0.15, 0.2) is 23.6 Å². The lowest BCUT2D eigenvalue weighted by Gasteiger charge is -2.14. The van der Waals surface area contributed by atoms with Gasteiger partial charge in [0.05, 0.1) is 21.7 Å². The summed E-state index contributed by atoms with van der Waals surface area (Å²) in [6.07, 6.45) is 0. The summed E-state index contributed by atoms with van der Waals surface area (Å²) in [5, 5.41) is 17.4. The number of aromatic nitrogens is 1. The number of ketones is 1. The summed E-state index contributed by atoms with van der Waals surface area (Å²) in [7, 11) is 0. The third-order valence-corrected chi connectivity index (χ3v) is 4.61. The number of nitrogens with one attached hydrogen (secondary N) is 1. The molecule has 0 amide bonds. The Morgan fingerprint density at radius 1 is 1.35 bits per heavy atom. The number of carbonyl (C=O) groups excluding carboxylic acids is 1. The maximum atomic E-state index is 11.4. The zero-order valence-corrected chi connectivity index (χ0v) is 14.3. The molecule has 1 N–H and O–H groups in total. The lowest BCUT2D eigenvalue weighted by Crippen LogP contribution is -2.09. The van der Waals surface area contributed by atoms with E-state index in [9.17, 15) is 14.9 Å². The van der Waals surface area contributed by atoms with E-state index in [1.165, 1.54) is 13.0 Å². The molecule has 1 aromatic heterocycles. The van der Waals surface area contributed by atoms with Crippen molar-refractivity contribution >= 4 is 28.5 Å². The van der Waals surface area contributed by atoms with Gasteiger partial charge in [0.25, 0.3) is 5.69 Å². The second kappa shape index (κ2) is 6.87. The van der Waals surface area contributed by atoms with Crippen LogP contribution in [0.5, 0.6) is 0 Å². The van der Waals surface area contributed by atoms with Crippen LogP contribution < -0.4 is 5.32 Å². The van der Waals surface area contributed by atoms with Crippen molar-refractivity contribution in [3.8, 4) is 0 Å². The molecule has 0 aliphatic carbocycles. The monoisotopic (exact) mass is 333 g/mol. The van der Waals surface area contributed by atoms with Gasteiger partial charge in [-0.05, 0) is 26.0 Å². The normalized spacial score (nSPS) is 12.2. The molecule has 1 heterocycles. The van der Waals surface area contributed by atoms with Crippen molar-refractivity contribution in [2.75, 3.05) is 5.32 Å². The number of Topliss-reactive ketones (excluding diaryl/α,β-unsaturated/α-hetero) is 1. The minimum Gasteiger partial charge on any atom is -0.371 e. The maximum absolute atomic E-state index is 11.4. The number of benzene rings is 1. The van der Waals surface area contributed by atoms with E-state index in [4.69, 9.17) is 0 Å². The summed E-state index contributed by atoms with van der Waals surface area (Å²) in [5.74, 6) is 0.152. The Hall–Kier alpha value is -2.28. The van der Waals surface area contributed by atoms with Gasteiger partial charge in [-0.1, -0.05) is 13.8 Å². The zero-order valence-electron chi connectivity index (χ0n) is 13.5.